The van der Waals surface area contributed by atoms with Crippen molar-refractivity contribution < 1.29 is 13.2 Å². The van der Waals surface area contributed by atoms with Gasteiger partial charge in [0.25, 0.3) is 0 Å². The van der Waals surface area contributed by atoms with Crippen molar-refractivity contribution in [2.45, 2.75) is 16.2 Å². The first kappa shape index (κ1) is 15.8. The molecule has 0 fully saturated rings. The quantitative estimate of drug-likeness (QED) is 0.917. The number of nitrogens with two attached hydrogens (primary N) is 1. The van der Waals surface area contributed by atoms with Crippen molar-refractivity contribution in [2.24, 2.45) is 5.73 Å². The lowest BCUT2D eigenvalue weighted by Crippen LogP contribution is -2.05. The summed E-state index contributed by atoms with van der Waals surface area (Å²) in [5.74, 6) is 0.602. The van der Waals surface area contributed by atoms with E-state index in [2.05, 4.69) is 0 Å². The molecular weight excluding hydrogens is 310 g/mol. The largest absolute Gasteiger partial charge is 0.497 e. The van der Waals surface area contributed by atoms with Crippen LogP contribution < -0.4 is 10.5 Å². The Balaban J connectivity index is 2.41. The van der Waals surface area contributed by atoms with Crippen LogP contribution in [0, 0.1) is 0 Å². The summed E-state index contributed by atoms with van der Waals surface area (Å²) in [6.45, 7) is 0.463. The standard InChI is InChI=1S/C15H16ClNO3S/c1-20-12-3-6-13(7-4-12)21(18,19)14-5-2-11(8-9-17)15(16)10-14/h2-7,10H,8-9,17H2,1H3. The molecule has 112 valence electrons. The van der Waals surface area contributed by atoms with E-state index < -0.39 is 9.84 Å². The van der Waals surface area contributed by atoms with E-state index in [-0.39, 0.29) is 9.79 Å². The van der Waals surface area contributed by atoms with Gasteiger partial charge in [0.15, 0.2) is 0 Å². The molecule has 0 aromatic heterocycles. The zero-order valence-electron chi connectivity index (χ0n) is 11.5. The van der Waals surface area contributed by atoms with Gasteiger partial charge in [-0.1, -0.05) is 17.7 Å². The lowest BCUT2D eigenvalue weighted by molar-refractivity contribution is 0.414. The number of rotatable bonds is 5. The summed E-state index contributed by atoms with van der Waals surface area (Å²) in [5.41, 5.74) is 6.32. The monoisotopic (exact) mass is 325 g/mol. The van der Waals surface area contributed by atoms with Gasteiger partial charge in [0.05, 0.1) is 16.9 Å². The van der Waals surface area contributed by atoms with Crippen LogP contribution in [0.15, 0.2) is 52.3 Å². The number of hydrogen-bond acceptors (Lipinski definition) is 4. The van der Waals surface area contributed by atoms with Crippen LogP contribution in [0.25, 0.3) is 0 Å². The van der Waals surface area contributed by atoms with Gasteiger partial charge in [-0.3, -0.25) is 0 Å². The van der Waals surface area contributed by atoms with E-state index in [9.17, 15) is 8.42 Å². The second-order valence-corrected chi connectivity index (χ2v) is 6.83. The van der Waals surface area contributed by atoms with Gasteiger partial charge in [-0.05, 0) is 54.9 Å². The highest BCUT2D eigenvalue weighted by molar-refractivity contribution is 7.91. The molecule has 0 aliphatic carbocycles. The Bertz CT molecular complexity index is 727. The molecule has 0 bridgehead atoms. The molecule has 0 saturated carbocycles. The summed E-state index contributed by atoms with van der Waals surface area (Å²) < 4.78 is 30.1. The van der Waals surface area contributed by atoms with Crippen LogP contribution in [0.4, 0.5) is 0 Å². The smallest absolute Gasteiger partial charge is 0.206 e. The molecule has 2 aromatic rings. The van der Waals surface area contributed by atoms with E-state index in [1.54, 1.807) is 24.3 Å². The maximum atomic E-state index is 12.5. The Morgan fingerprint density at radius 3 is 2.24 bits per heavy atom. The molecule has 0 spiro atoms. The summed E-state index contributed by atoms with van der Waals surface area (Å²) in [4.78, 5) is 0.365. The second-order valence-electron chi connectivity index (χ2n) is 4.47. The Hall–Kier alpha value is -1.56. The second kappa shape index (κ2) is 6.47. The van der Waals surface area contributed by atoms with E-state index in [1.807, 2.05) is 0 Å². The minimum Gasteiger partial charge on any atom is -0.497 e. The lowest BCUT2D eigenvalue weighted by atomic mass is 10.1. The van der Waals surface area contributed by atoms with Gasteiger partial charge in [0.1, 0.15) is 5.75 Å². The summed E-state index contributed by atoms with van der Waals surface area (Å²) in [6, 6.07) is 11.0. The molecule has 2 aromatic carbocycles. The molecule has 0 radical (unpaired) electrons. The maximum Gasteiger partial charge on any atom is 0.206 e. The van der Waals surface area contributed by atoms with Crippen molar-refractivity contribution in [1.82, 2.24) is 0 Å². The number of methoxy groups -OCH3 is 1. The summed E-state index contributed by atoms with van der Waals surface area (Å²) in [6.07, 6.45) is 0.613. The zero-order valence-corrected chi connectivity index (χ0v) is 13.1. The van der Waals surface area contributed by atoms with Gasteiger partial charge < -0.3 is 10.5 Å². The van der Waals surface area contributed by atoms with Crippen molar-refractivity contribution in [3.63, 3.8) is 0 Å². The van der Waals surface area contributed by atoms with Crippen LogP contribution >= 0.6 is 11.6 Å². The Morgan fingerprint density at radius 2 is 1.71 bits per heavy atom. The fraction of sp³-hybridized carbons (Fsp3) is 0.200. The van der Waals surface area contributed by atoms with Crippen molar-refractivity contribution in [2.75, 3.05) is 13.7 Å². The van der Waals surface area contributed by atoms with Crippen molar-refractivity contribution in [3.05, 3.63) is 53.1 Å². The highest BCUT2D eigenvalue weighted by Crippen LogP contribution is 2.27. The van der Waals surface area contributed by atoms with Crippen LogP contribution in [0.5, 0.6) is 5.75 Å². The van der Waals surface area contributed by atoms with Crippen LogP contribution in [0.2, 0.25) is 5.02 Å². The fourth-order valence-electron chi connectivity index (χ4n) is 1.94. The van der Waals surface area contributed by atoms with Crippen LogP contribution in [-0.2, 0) is 16.3 Å². The van der Waals surface area contributed by atoms with Crippen molar-refractivity contribution >= 4 is 21.4 Å². The van der Waals surface area contributed by atoms with Gasteiger partial charge in [0.2, 0.25) is 9.84 Å². The highest BCUT2D eigenvalue weighted by atomic mass is 35.5. The third kappa shape index (κ3) is 3.37. The molecule has 0 amide bonds. The van der Waals surface area contributed by atoms with Gasteiger partial charge in [-0.25, -0.2) is 8.42 Å². The van der Waals surface area contributed by atoms with Gasteiger partial charge in [-0.2, -0.15) is 0 Å². The zero-order chi connectivity index (χ0) is 15.5. The van der Waals surface area contributed by atoms with E-state index in [0.717, 1.165) is 5.56 Å². The molecule has 0 atom stereocenters. The Kier molecular flexibility index (Phi) is 4.88. The predicted octanol–water partition coefficient (Wildman–Crippen LogP) is 2.68. The molecule has 6 heteroatoms. The highest BCUT2D eigenvalue weighted by Gasteiger charge is 2.18. The normalized spacial score (nSPS) is 11.4. The number of halogens is 1. The third-order valence-corrected chi connectivity index (χ3v) is 5.24. The molecule has 0 unspecified atom stereocenters. The molecule has 21 heavy (non-hydrogen) atoms. The molecule has 4 nitrogen and oxygen atoms in total. The summed E-state index contributed by atoms with van der Waals surface area (Å²) in [7, 11) is -2.06. The van der Waals surface area contributed by atoms with Gasteiger partial charge >= 0.3 is 0 Å². The molecule has 2 rings (SSSR count). The number of sulfone groups is 1. The minimum atomic E-state index is -3.59. The molecule has 0 aliphatic heterocycles. The first-order chi connectivity index (χ1) is 9.98. The topological polar surface area (TPSA) is 69.4 Å². The lowest BCUT2D eigenvalue weighted by Gasteiger charge is -2.08. The fourth-order valence-corrected chi connectivity index (χ4v) is 3.57. The minimum absolute atomic E-state index is 0.165. The van der Waals surface area contributed by atoms with Crippen LogP contribution in [0.3, 0.4) is 0 Å². The molecule has 0 saturated heterocycles. The average Bonchev–Trinajstić information content (AvgIpc) is 2.49. The first-order valence-electron chi connectivity index (χ1n) is 6.36. The number of hydrogen-bond donors (Lipinski definition) is 1. The molecule has 2 N–H and O–H groups in total. The summed E-state index contributed by atoms with van der Waals surface area (Å²) in [5, 5.41) is 0.412. The van der Waals surface area contributed by atoms with Crippen molar-refractivity contribution in [3.8, 4) is 5.75 Å². The van der Waals surface area contributed by atoms with E-state index in [4.69, 9.17) is 22.1 Å². The SMILES string of the molecule is COc1ccc(S(=O)(=O)c2ccc(CCN)c(Cl)c2)cc1. The molecule has 0 heterocycles. The third-order valence-electron chi connectivity index (χ3n) is 3.12. The number of ether oxygens (including phenoxy) is 1. The van der Waals surface area contributed by atoms with Crippen molar-refractivity contribution in [1.29, 1.82) is 0 Å². The maximum absolute atomic E-state index is 12.5. The molecule has 0 aliphatic rings. The van der Waals surface area contributed by atoms with Crippen LogP contribution in [-0.4, -0.2) is 22.1 Å². The van der Waals surface area contributed by atoms with Gasteiger partial charge in [0, 0.05) is 5.02 Å². The average molecular weight is 326 g/mol. The summed E-state index contributed by atoms with van der Waals surface area (Å²) >= 11 is 6.11. The van der Waals surface area contributed by atoms with E-state index in [0.29, 0.717) is 23.7 Å². The van der Waals surface area contributed by atoms with E-state index in [1.165, 1.54) is 25.3 Å². The predicted molar refractivity (Wildman–Crippen MR) is 82.7 cm³/mol. The Morgan fingerprint density at radius 1 is 1.10 bits per heavy atom. The van der Waals surface area contributed by atoms with Gasteiger partial charge in [-0.15, -0.1) is 0 Å². The van der Waals surface area contributed by atoms with Crippen LogP contribution in [0.1, 0.15) is 5.56 Å². The molecular formula is C15H16ClNO3S. The number of benzene rings is 2. The Labute approximate surface area is 129 Å². The van der Waals surface area contributed by atoms with E-state index >= 15 is 0 Å². The first-order valence-corrected chi connectivity index (χ1v) is 8.23.